The Bertz CT molecular complexity index is 516. The summed E-state index contributed by atoms with van der Waals surface area (Å²) in [6.45, 7) is -0.0533. The van der Waals surface area contributed by atoms with Gasteiger partial charge in [-0.2, -0.15) is 11.8 Å². The van der Waals surface area contributed by atoms with Gasteiger partial charge in [-0.1, -0.05) is 23.7 Å². The predicted octanol–water partition coefficient (Wildman–Crippen LogP) is 2.48. The minimum atomic E-state index is -1.27. The number of hydrogen-bond donors (Lipinski definition) is 3. The van der Waals surface area contributed by atoms with Gasteiger partial charge in [-0.05, 0) is 24.5 Å². The summed E-state index contributed by atoms with van der Waals surface area (Å²) in [7, 11) is 0. The minimum Gasteiger partial charge on any atom is -0.465 e. The van der Waals surface area contributed by atoms with Crippen molar-refractivity contribution >= 4 is 35.4 Å². The molecule has 8 heteroatoms. The van der Waals surface area contributed by atoms with Crippen LogP contribution in [0, 0.1) is 5.82 Å². The number of rotatable bonds is 7. The lowest BCUT2D eigenvalue weighted by molar-refractivity contribution is -0.123. The van der Waals surface area contributed by atoms with E-state index >= 15 is 0 Å². The van der Waals surface area contributed by atoms with Crippen LogP contribution in [-0.2, 0) is 11.3 Å². The summed E-state index contributed by atoms with van der Waals surface area (Å²) >= 11 is 7.15. The van der Waals surface area contributed by atoms with Crippen molar-refractivity contribution in [2.45, 2.75) is 19.0 Å². The van der Waals surface area contributed by atoms with E-state index in [4.69, 9.17) is 16.7 Å². The van der Waals surface area contributed by atoms with Crippen LogP contribution < -0.4 is 10.6 Å². The summed E-state index contributed by atoms with van der Waals surface area (Å²) in [6.07, 6.45) is 0.944. The molecule has 0 saturated carbocycles. The van der Waals surface area contributed by atoms with E-state index in [9.17, 15) is 14.0 Å². The van der Waals surface area contributed by atoms with Gasteiger partial charge in [-0.3, -0.25) is 4.79 Å². The molecule has 1 aromatic carbocycles. The molecular formula is C13H16ClFN2O3S. The number of carboxylic acid groups (broad SMARTS) is 1. The van der Waals surface area contributed by atoms with Gasteiger partial charge in [-0.15, -0.1) is 0 Å². The average molecular weight is 335 g/mol. The van der Waals surface area contributed by atoms with Crippen molar-refractivity contribution in [2.75, 3.05) is 12.0 Å². The molecule has 0 saturated heterocycles. The number of thioether (sulfide) groups is 1. The Balaban J connectivity index is 2.64. The van der Waals surface area contributed by atoms with Crippen molar-refractivity contribution in [3.8, 4) is 0 Å². The van der Waals surface area contributed by atoms with Gasteiger partial charge in [0.05, 0.1) is 5.02 Å². The molecule has 2 amide bonds. The fraction of sp³-hybridized carbons (Fsp3) is 0.385. The van der Waals surface area contributed by atoms with Crippen LogP contribution in [0.3, 0.4) is 0 Å². The largest absolute Gasteiger partial charge is 0.465 e. The first-order chi connectivity index (χ1) is 9.95. The number of hydrogen-bond acceptors (Lipinski definition) is 3. The molecule has 1 unspecified atom stereocenters. The number of carbonyl (C=O) groups excluding carboxylic acids is 1. The average Bonchev–Trinajstić information content (AvgIpc) is 2.44. The predicted molar refractivity (Wildman–Crippen MR) is 81.2 cm³/mol. The van der Waals surface area contributed by atoms with Gasteiger partial charge in [0.25, 0.3) is 0 Å². The minimum absolute atomic E-state index is 0.0238. The summed E-state index contributed by atoms with van der Waals surface area (Å²) in [5.74, 6) is -0.457. The Kier molecular flexibility index (Phi) is 7.31. The van der Waals surface area contributed by atoms with Crippen LogP contribution in [0.5, 0.6) is 0 Å². The van der Waals surface area contributed by atoms with Gasteiger partial charge in [0.15, 0.2) is 0 Å². The lowest BCUT2D eigenvalue weighted by atomic mass is 10.2. The summed E-state index contributed by atoms with van der Waals surface area (Å²) < 4.78 is 13.7. The second-order valence-electron chi connectivity index (χ2n) is 4.21. The maximum atomic E-state index is 13.7. The zero-order chi connectivity index (χ0) is 15.8. The first-order valence-corrected chi connectivity index (χ1v) is 7.92. The third kappa shape index (κ3) is 5.81. The number of carbonyl (C=O) groups is 2. The molecule has 0 radical (unpaired) electrons. The molecule has 3 N–H and O–H groups in total. The molecule has 5 nitrogen and oxygen atoms in total. The highest BCUT2D eigenvalue weighted by atomic mass is 35.5. The summed E-state index contributed by atoms with van der Waals surface area (Å²) in [5.41, 5.74) is 0.245. The van der Waals surface area contributed by atoms with E-state index in [2.05, 4.69) is 10.6 Å². The first-order valence-electron chi connectivity index (χ1n) is 6.14. The summed E-state index contributed by atoms with van der Waals surface area (Å²) in [6, 6.07) is 3.63. The fourth-order valence-electron chi connectivity index (χ4n) is 1.64. The quantitative estimate of drug-likeness (QED) is 0.716. The number of nitrogens with one attached hydrogen (secondary N) is 2. The van der Waals surface area contributed by atoms with Gasteiger partial charge >= 0.3 is 6.09 Å². The number of amides is 2. The van der Waals surface area contributed by atoms with Crippen LogP contribution in [0.4, 0.5) is 9.18 Å². The molecule has 1 atom stereocenters. The zero-order valence-corrected chi connectivity index (χ0v) is 12.9. The smallest absolute Gasteiger partial charge is 0.405 e. The van der Waals surface area contributed by atoms with Crippen LogP contribution in [-0.4, -0.2) is 35.2 Å². The SMILES string of the molecule is CSCCC(NC(=O)O)C(=O)NCc1cccc(Cl)c1F. The second-order valence-corrected chi connectivity index (χ2v) is 5.61. The van der Waals surface area contributed by atoms with E-state index in [1.54, 1.807) is 6.07 Å². The Morgan fingerprint density at radius 1 is 1.48 bits per heavy atom. The maximum absolute atomic E-state index is 13.7. The van der Waals surface area contributed by atoms with Crippen LogP contribution >= 0.6 is 23.4 Å². The van der Waals surface area contributed by atoms with Gasteiger partial charge < -0.3 is 15.7 Å². The van der Waals surface area contributed by atoms with Crippen molar-refractivity contribution in [2.24, 2.45) is 0 Å². The fourth-order valence-corrected chi connectivity index (χ4v) is 2.31. The Morgan fingerprint density at radius 3 is 2.81 bits per heavy atom. The maximum Gasteiger partial charge on any atom is 0.405 e. The van der Waals surface area contributed by atoms with Gasteiger partial charge in [0.1, 0.15) is 11.9 Å². The number of benzene rings is 1. The Morgan fingerprint density at radius 2 is 2.19 bits per heavy atom. The second kappa shape index (κ2) is 8.74. The highest BCUT2D eigenvalue weighted by Gasteiger charge is 2.20. The first kappa shape index (κ1) is 17.6. The molecule has 0 fully saturated rings. The van der Waals surface area contributed by atoms with Gasteiger partial charge in [-0.25, -0.2) is 9.18 Å². The van der Waals surface area contributed by atoms with Crippen LogP contribution in [0.1, 0.15) is 12.0 Å². The van der Waals surface area contributed by atoms with E-state index in [0.717, 1.165) is 0 Å². The van der Waals surface area contributed by atoms with Crippen molar-refractivity contribution in [3.63, 3.8) is 0 Å². The standard InChI is InChI=1S/C13H16ClFN2O3S/c1-21-6-5-10(17-13(19)20)12(18)16-7-8-3-2-4-9(14)11(8)15/h2-4,10,17H,5-7H2,1H3,(H,16,18)(H,19,20). The molecular weight excluding hydrogens is 319 g/mol. The van der Waals surface area contributed by atoms with E-state index in [1.165, 1.54) is 23.9 Å². The molecule has 0 aliphatic carbocycles. The molecule has 1 aromatic rings. The highest BCUT2D eigenvalue weighted by Crippen LogP contribution is 2.17. The lowest BCUT2D eigenvalue weighted by Crippen LogP contribution is -2.46. The van der Waals surface area contributed by atoms with Gasteiger partial charge in [0.2, 0.25) is 5.91 Å². The van der Waals surface area contributed by atoms with Crippen molar-refractivity contribution in [3.05, 3.63) is 34.6 Å². The van der Waals surface area contributed by atoms with Gasteiger partial charge in [0, 0.05) is 12.1 Å². The normalized spacial score (nSPS) is 11.8. The highest BCUT2D eigenvalue weighted by molar-refractivity contribution is 7.98. The van der Waals surface area contributed by atoms with Crippen LogP contribution in [0.2, 0.25) is 5.02 Å². The third-order valence-corrected chi connectivity index (χ3v) is 3.65. The van der Waals surface area contributed by atoms with E-state index in [0.29, 0.717) is 12.2 Å². The summed E-state index contributed by atoms with van der Waals surface area (Å²) in [5, 5.41) is 13.4. The van der Waals surface area contributed by atoms with Crippen molar-refractivity contribution in [1.29, 1.82) is 0 Å². The molecule has 0 aliphatic heterocycles. The lowest BCUT2D eigenvalue weighted by Gasteiger charge is -2.16. The molecule has 0 heterocycles. The molecule has 0 aliphatic rings. The zero-order valence-electron chi connectivity index (χ0n) is 11.4. The molecule has 0 spiro atoms. The van der Waals surface area contributed by atoms with E-state index in [1.807, 2.05) is 6.26 Å². The van der Waals surface area contributed by atoms with Crippen molar-refractivity contribution in [1.82, 2.24) is 10.6 Å². The van der Waals surface area contributed by atoms with Crippen LogP contribution in [0.15, 0.2) is 18.2 Å². The molecule has 1 rings (SSSR count). The van der Waals surface area contributed by atoms with E-state index in [-0.39, 0.29) is 17.1 Å². The molecule has 0 aromatic heterocycles. The molecule has 21 heavy (non-hydrogen) atoms. The molecule has 0 bridgehead atoms. The third-order valence-electron chi connectivity index (χ3n) is 2.71. The summed E-state index contributed by atoms with van der Waals surface area (Å²) in [4.78, 5) is 22.6. The Labute approximate surface area is 131 Å². The molecule has 116 valence electrons. The van der Waals surface area contributed by atoms with E-state index < -0.39 is 23.9 Å². The monoisotopic (exact) mass is 334 g/mol. The Hall–Kier alpha value is -1.47. The topological polar surface area (TPSA) is 78.4 Å². The van der Waals surface area contributed by atoms with Crippen molar-refractivity contribution < 1.29 is 19.1 Å². The number of halogens is 2. The van der Waals surface area contributed by atoms with Crippen LogP contribution in [0.25, 0.3) is 0 Å².